The van der Waals surface area contributed by atoms with E-state index < -0.39 is 11.0 Å². The van der Waals surface area contributed by atoms with Crippen LogP contribution in [0.15, 0.2) is 23.1 Å². The highest BCUT2D eigenvalue weighted by Crippen LogP contribution is 2.21. The number of hydrogen-bond acceptors (Lipinski definition) is 4. The normalized spacial score (nSPS) is 9.88. The summed E-state index contributed by atoms with van der Waals surface area (Å²) in [6.07, 6.45) is -1.10. The van der Waals surface area contributed by atoms with Gasteiger partial charge in [-0.15, -0.1) is 12.6 Å². The van der Waals surface area contributed by atoms with Crippen molar-refractivity contribution in [2.75, 3.05) is 7.05 Å². The molecule has 0 spiro atoms. The van der Waals surface area contributed by atoms with Gasteiger partial charge in [-0.05, 0) is 11.6 Å². The summed E-state index contributed by atoms with van der Waals surface area (Å²) < 4.78 is 0. The van der Waals surface area contributed by atoms with Gasteiger partial charge in [-0.2, -0.15) is 0 Å². The molecule has 0 saturated heterocycles. The maximum atomic E-state index is 10.6. The molecule has 6 nitrogen and oxygen atoms in total. The van der Waals surface area contributed by atoms with Gasteiger partial charge in [0, 0.05) is 30.6 Å². The third-order valence-electron chi connectivity index (χ3n) is 2.01. The molecule has 0 fully saturated rings. The first-order chi connectivity index (χ1) is 7.41. The molecule has 16 heavy (non-hydrogen) atoms. The molecule has 1 N–H and O–H groups in total. The van der Waals surface area contributed by atoms with Gasteiger partial charge >= 0.3 is 6.09 Å². The Hall–Kier alpha value is -1.76. The first-order valence-corrected chi connectivity index (χ1v) is 4.77. The average molecular weight is 242 g/mol. The molecule has 1 amide bonds. The zero-order valence-electron chi connectivity index (χ0n) is 8.45. The number of rotatable bonds is 3. The number of thiol groups is 1. The van der Waals surface area contributed by atoms with Gasteiger partial charge in [0.15, 0.2) is 0 Å². The monoisotopic (exact) mass is 242 g/mol. The van der Waals surface area contributed by atoms with Crippen LogP contribution in [-0.2, 0) is 6.54 Å². The Morgan fingerprint density at radius 1 is 1.62 bits per heavy atom. The maximum absolute atomic E-state index is 10.6. The molecule has 0 heterocycles. The molecule has 0 unspecified atom stereocenters. The highest BCUT2D eigenvalue weighted by atomic mass is 32.1. The van der Waals surface area contributed by atoms with Crippen LogP contribution in [0, 0.1) is 10.1 Å². The molecule has 0 aliphatic heterocycles. The van der Waals surface area contributed by atoms with Gasteiger partial charge in [-0.1, -0.05) is 0 Å². The number of hydrogen-bond donors (Lipinski definition) is 2. The molecular weight excluding hydrogens is 232 g/mol. The molecule has 0 aliphatic rings. The molecule has 0 aromatic heterocycles. The van der Waals surface area contributed by atoms with E-state index in [4.69, 9.17) is 5.11 Å². The summed E-state index contributed by atoms with van der Waals surface area (Å²) in [5.74, 6) is 0. The molecular formula is C9H10N2O4S. The largest absolute Gasteiger partial charge is 0.465 e. The molecule has 0 saturated carbocycles. The van der Waals surface area contributed by atoms with E-state index in [9.17, 15) is 14.9 Å². The highest BCUT2D eigenvalue weighted by Gasteiger charge is 2.12. The van der Waals surface area contributed by atoms with Crippen LogP contribution in [0.2, 0.25) is 0 Å². The standard InChI is InChI=1S/C9H10N2O4S/c1-10(9(12)13)5-6-4-7(11(14)15)2-3-8(6)16/h2-4,16H,5H2,1H3,(H,12,13). The summed E-state index contributed by atoms with van der Waals surface area (Å²) in [7, 11) is 1.38. The van der Waals surface area contributed by atoms with Crippen LogP contribution in [0.25, 0.3) is 0 Å². The predicted octanol–water partition coefficient (Wildman–Crippen LogP) is 1.99. The van der Waals surface area contributed by atoms with Crippen molar-refractivity contribution in [1.82, 2.24) is 4.90 Å². The second kappa shape index (κ2) is 4.84. The van der Waals surface area contributed by atoms with Crippen LogP contribution in [-0.4, -0.2) is 28.1 Å². The lowest BCUT2D eigenvalue weighted by Crippen LogP contribution is -2.24. The Morgan fingerprint density at radius 3 is 2.75 bits per heavy atom. The van der Waals surface area contributed by atoms with Crippen LogP contribution in [0.4, 0.5) is 10.5 Å². The second-order valence-corrected chi connectivity index (χ2v) is 3.69. The smallest absolute Gasteiger partial charge is 0.407 e. The third-order valence-corrected chi connectivity index (χ3v) is 2.44. The lowest BCUT2D eigenvalue weighted by molar-refractivity contribution is -0.385. The highest BCUT2D eigenvalue weighted by molar-refractivity contribution is 7.80. The van der Waals surface area contributed by atoms with Crippen LogP contribution in [0.1, 0.15) is 5.56 Å². The fourth-order valence-electron chi connectivity index (χ4n) is 1.14. The van der Waals surface area contributed by atoms with E-state index in [0.29, 0.717) is 10.5 Å². The predicted molar refractivity (Wildman–Crippen MR) is 59.8 cm³/mol. The number of benzene rings is 1. The van der Waals surface area contributed by atoms with E-state index >= 15 is 0 Å². The fraction of sp³-hybridized carbons (Fsp3) is 0.222. The molecule has 0 atom stereocenters. The number of non-ortho nitro benzene ring substituents is 1. The van der Waals surface area contributed by atoms with Gasteiger partial charge in [0.1, 0.15) is 0 Å². The van der Waals surface area contributed by atoms with Gasteiger partial charge in [-0.25, -0.2) is 4.79 Å². The lowest BCUT2D eigenvalue weighted by atomic mass is 10.2. The Labute approximate surface area is 97.0 Å². The Balaban J connectivity index is 2.98. The molecule has 0 radical (unpaired) electrons. The zero-order valence-corrected chi connectivity index (χ0v) is 9.35. The SMILES string of the molecule is CN(Cc1cc([N+](=O)[O-])ccc1S)C(=O)O. The zero-order chi connectivity index (χ0) is 12.3. The Morgan fingerprint density at radius 2 is 2.25 bits per heavy atom. The summed E-state index contributed by atoms with van der Waals surface area (Å²) in [6, 6.07) is 4.13. The molecule has 1 rings (SSSR count). The van der Waals surface area contributed by atoms with Crippen LogP contribution < -0.4 is 0 Å². The lowest BCUT2D eigenvalue weighted by Gasteiger charge is -2.13. The van der Waals surface area contributed by atoms with Gasteiger partial charge in [0.2, 0.25) is 0 Å². The first kappa shape index (κ1) is 12.3. The van der Waals surface area contributed by atoms with E-state index in [1.807, 2.05) is 0 Å². The van der Waals surface area contributed by atoms with Crippen molar-refractivity contribution < 1.29 is 14.8 Å². The third kappa shape index (κ3) is 2.86. The van der Waals surface area contributed by atoms with Gasteiger partial charge in [0.05, 0.1) is 4.92 Å². The van der Waals surface area contributed by atoms with E-state index in [-0.39, 0.29) is 12.2 Å². The Kier molecular flexibility index (Phi) is 3.73. The molecule has 7 heteroatoms. The van der Waals surface area contributed by atoms with Crippen molar-refractivity contribution in [2.24, 2.45) is 0 Å². The van der Waals surface area contributed by atoms with Gasteiger partial charge < -0.3 is 10.0 Å². The van der Waals surface area contributed by atoms with Crippen LogP contribution in [0.5, 0.6) is 0 Å². The number of nitro benzene ring substituents is 1. The van der Waals surface area contributed by atoms with Crippen molar-refractivity contribution in [3.05, 3.63) is 33.9 Å². The van der Waals surface area contributed by atoms with Crippen molar-refractivity contribution in [3.63, 3.8) is 0 Å². The first-order valence-electron chi connectivity index (χ1n) is 4.32. The van der Waals surface area contributed by atoms with Crippen LogP contribution in [0.3, 0.4) is 0 Å². The molecule has 1 aromatic carbocycles. The minimum atomic E-state index is -1.10. The number of amides is 1. The van der Waals surface area contributed by atoms with Crippen LogP contribution >= 0.6 is 12.6 Å². The molecule has 86 valence electrons. The summed E-state index contributed by atoms with van der Waals surface area (Å²) in [5, 5.41) is 19.2. The fourth-order valence-corrected chi connectivity index (χ4v) is 1.35. The number of nitrogens with zero attached hydrogens (tertiary/aromatic N) is 2. The minimum Gasteiger partial charge on any atom is -0.465 e. The number of nitro groups is 1. The van der Waals surface area contributed by atoms with E-state index in [1.54, 1.807) is 0 Å². The maximum Gasteiger partial charge on any atom is 0.407 e. The van der Waals surface area contributed by atoms with Crippen molar-refractivity contribution in [2.45, 2.75) is 11.4 Å². The number of carbonyl (C=O) groups is 1. The average Bonchev–Trinajstić information content (AvgIpc) is 2.20. The molecule has 1 aromatic rings. The molecule has 0 aliphatic carbocycles. The van der Waals surface area contributed by atoms with E-state index in [2.05, 4.69) is 12.6 Å². The Bertz CT molecular complexity index is 436. The van der Waals surface area contributed by atoms with Crippen molar-refractivity contribution in [1.29, 1.82) is 0 Å². The second-order valence-electron chi connectivity index (χ2n) is 3.21. The quantitative estimate of drug-likeness (QED) is 0.482. The number of carboxylic acid groups (broad SMARTS) is 1. The minimum absolute atomic E-state index is 0.0653. The van der Waals surface area contributed by atoms with Gasteiger partial charge in [0.25, 0.3) is 5.69 Å². The summed E-state index contributed by atoms with van der Waals surface area (Å²) in [6.45, 7) is 0.0653. The topological polar surface area (TPSA) is 83.7 Å². The van der Waals surface area contributed by atoms with Crippen molar-refractivity contribution >= 4 is 24.4 Å². The van der Waals surface area contributed by atoms with E-state index in [1.165, 1.54) is 25.2 Å². The van der Waals surface area contributed by atoms with E-state index in [0.717, 1.165) is 4.90 Å². The summed E-state index contributed by atoms with van der Waals surface area (Å²) in [5.41, 5.74) is 0.425. The molecule has 0 bridgehead atoms. The summed E-state index contributed by atoms with van der Waals surface area (Å²) in [4.78, 5) is 22.2. The summed E-state index contributed by atoms with van der Waals surface area (Å²) >= 11 is 4.11. The van der Waals surface area contributed by atoms with Crippen molar-refractivity contribution in [3.8, 4) is 0 Å². The van der Waals surface area contributed by atoms with Gasteiger partial charge in [-0.3, -0.25) is 10.1 Å².